The maximum absolute atomic E-state index is 12.8. The zero-order valence-corrected chi connectivity index (χ0v) is 16.9. The molecule has 0 spiro atoms. The third kappa shape index (κ3) is 3.67. The fourth-order valence-electron chi connectivity index (χ4n) is 3.15. The Balaban J connectivity index is 1.53. The van der Waals surface area contributed by atoms with Crippen LogP contribution in [0.5, 0.6) is 0 Å². The molecule has 0 radical (unpaired) electrons. The van der Waals surface area contributed by atoms with Gasteiger partial charge < -0.3 is 5.32 Å². The molecule has 28 heavy (non-hydrogen) atoms. The summed E-state index contributed by atoms with van der Waals surface area (Å²) >= 11 is 1.46. The summed E-state index contributed by atoms with van der Waals surface area (Å²) in [5.41, 5.74) is 2.11. The molecule has 3 aromatic rings. The fraction of sp³-hybridized carbons (Fsp3) is 0.333. The lowest BCUT2D eigenvalue weighted by molar-refractivity contribution is -0.119. The third-order valence-corrected chi connectivity index (χ3v) is 5.94. The van der Waals surface area contributed by atoms with E-state index >= 15 is 0 Å². The number of fused-ring (bicyclic) bond motifs is 2. The standard InChI is InChI=1S/C21H22N4O2S/c1-21(2,3)17-10-18(26)25-11-14(12-28-20(25)24-17)19(27)23-15-6-7-16-13(9-15)5-4-8-22-16/h4-10,14H,11-12H2,1-3H3,(H,23,27). The quantitative estimate of drug-likeness (QED) is 0.674. The zero-order valence-electron chi connectivity index (χ0n) is 16.1. The minimum atomic E-state index is -0.290. The molecule has 4 rings (SSSR count). The summed E-state index contributed by atoms with van der Waals surface area (Å²) in [5.74, 6) is 0.219. The minimum Gasteiger partial charge on any atom is -0.326 e. The number of aromatic nitrogens is 3. The summed E-state index contributed by atoms with van der Waals surface area (Å²) < 4.78 is 1.61. The molecule has 0 saturated heterocycles. The van der Waals surface area contributed by atoms with Gasteiger partial charge in [-0.25, -0.2) is 4.98 Å². The first kappa shape index (κ1) is 18.7. The van der Waals surface area contributed by atoms with E-state index in [9.17, 15) is 9.59 Å². The maximum atomic E-state index is 12.8. The topological polar surface area (TPSA) is 76.9 Å². The van der Waals surface area contributed by atoms with Gasteiger partial charge in [-0.3, -0.25) is 19.1 Å². The summed E-state index contributed by atoms with van der Waals surface area (Å²) in [6.45, 7) is 6.46. The predicted octanol–water partition coefficient (Wildman–Crippen LogP) is 3.45. The smallest absolute Gasteiger partial charge is 0.254 e. The highest BCUT2D eigenvalue weighted by molar-refractivity contribution is 7.99. The fourth-order valence-corrected chi connectivity index (χ4v) is 4.24. The van der Waals surface area contributed by atoms with Crippen molar-refractivity contribution in [1.29, 1.82) is 0 Å². The molecule has 1 amide bonds. The van der Waals surface area contributed by atoms with E-state index in [1.165, 1.54) is 11.8 Å². The van der Waals surface area contributed by atoms with Gasteiger partial charge in [-0.2, -0.15) is 0 Å². The minimum absolute atomic E-state index is 0.0896. The van der Waals surface area contributed by atoms with Crippen LogP contribution in [0.25, 0.3) is 10.9 Å². The van der Waals surface area contributed by atoms with Crippen molar-refractivity contribution in [3.8, 4) is 0 Å². The predicted molar refractivity (Wildman–Crippen MR) is 112 cm³/mol. The van der Waals surface area contributed by atoms with Gasteiger partial charge in [0, 0.05) is 41.0 Å². The third-order valence-electron chi connectivity index (χ3n) is 4.80. The molecule has 0 bridgehead atoms. The second kappa shape index (κ2) is 7.05. The van der Waals surface area contributed by atoms with Crippen molar-refractivity contribution in [3.63, 3.8) is 0 Å². The number of hydrogen-bond donors (Lipinski definition) is 1. The number of hydrogen-bond acceptors (Lipinski definition) is 5. The number of nitrogens with one attached hydrogen (secondary N) is 1. The molecule has 0 fully saturated rings. The van der Waals surface area contributed by atoms with Gasteiger partial charge in [0.1, 0.15) is 0 Å². The van der Waals surface area contributed by atoms with Gasteiger partial charge in [-0.05, 0) is 24.3 Å². The lowest BCUT2D eigenvalue weighted by atomic mass is 9.92. The van der Waals surface area contributed by atoms with Crippen LogP contribution in [0.15, 0.2) is 52.5 Å². The van der Waals surface area contributed by atoms with Crippen molar-refractivity contribution in [1.82, 2.24) is 14.5 Å². The molecule has 1 aliphatic heterocycles. The lowest BCUT2D eigenvalue weighted by Gasteiger charge is -2.26. The number of benzene rings is 1. The average Bonchev–Trinajstić information content (AvgIpc) is 2.67. The SMILES string of the molecule is CC(C)(C)c1cc(=O)n2c(n1)SCC(C(=O)Nc1ccc3ncccc3c1)C2. The van der Waals surface area contributed by atoms with Crippen molar-refractivity contribution in [2.24, 2.45) is 5.92 Å². The molecule has 3 heterocycles. The summed E-state index contributed by atoms with van der Waals surface area (Å²) in [6.07, 6.45) is 1.74. The number of thioether (sulfide) groups is 1. The number of carbonyl (C=O) groups excluding carboxylic acids is 1. The van der Waals surface area contributed by atoms with Gasteiger partial charge in [0.15, 0.2) is 5.16 Å². The summed E-state index contributed by atoms with van der Waals surface area (Å²) in [5, 5.41) is 4.64. The number of rotatable bonds is 2. The van der Waals surface area contributed by atoms with Crippen LogP contribution < -0.4 is 10.9 Å². The van der Waals surface area contributed by atoms with Crippen LogP contribution >= 0.6 is 11.8 Å². The average molecular weight is 395 g/mol. The largest absolute Gasteiger partial charge is 0.326 e. The summed E-state index contributed by atoms with van der Waals surface area (Å²) in [4.78, 5) is 34.3. The van der Waals surface area contributed by atoms with E-state index in [0.717, 1.165) is 22.3 Å². The van der Waals surface area contributed by atoms with Gasteiger partial charge >= 0.3 is 0 Å². The highest BCUT2D eigenvalue weighted by Gasteiger charge is 2.28. The van der Waals surface area contributed by atoms with Gasteiger partial charge in [0.2, 0.25) is 5.91 Å². The van der Waals surface area contributed by atoms with Crippen LogP contribution in [0.3, 0.4) is 0 Å². The van der Waals surface area contributed by atoms with Gasteiger partial charge in [-0.1, -0.05) is 38.6 Å². The Morgan fingerprint density at radius 3 is 2.86 bits per heavy atom. The lowest BCUT2D eigenvalue weighted by Crippen LogP contribution is -2.37. The first-order valence-electron chi connectivity index (χ1n) is 9.22. The van der Waals surface area contributed by atoms with E-state index in [-0.39, 0.29) is 22.8 Å². The monoisotopic (exact) mass is 394 g/mol. The van der Waals surface area contributed by atoms with Gasteiger partial charge in [0.05, 0.1) is 17.1 Å². The van der Waals surface area contributed by atoms with Crippen LogP contribution in [-0.2, 0) is 16.8 Å². The Morgan fingerprint density at radius 1 is 1.25 bits per heavy atom. The summed E-state index contributed by atoms with van der Waals surface area (Å²) in [6, 6.07) is 11.1. The molecule has 1 N–H and O–H groups in total. The first-order valence-corrected chi connectivity index (χ1v) is 10.2. The van der Waals surface area contributed by atoms with Crippen molar-refractivity contribution in [2.45, 2.75) is 37.9 Å². The van der Waals surface area contributed by atoms with E-state index < -0.39 is 0 Å². The number of carbonyl (C=O) groups is 1. The number of pyridine rings is 1. The van der Waals surface area contributed by atoms with E-state index in [1.807, 2.05) is 51.1 Å². The zero-order chi connectivity index (χ0) is 19.9. The van der Waals surface area contributed by atoms with Crippen LogP contribution in [0.4, 0.5) is 5.69 Å². The van der Waals surface area contributed by atoms with Crippen molar-refractivity contribution >= 4 is 34.3 Å². The number of anilines is 1. The van der Waals surface area contributed by atoms with Crippen molar-refractivity contribution in [3.05, 3.63) is 58.6 Å². The molecule has 0 saturated carbocycles. The van der Waals surface area contributed by atoms with Gasteiger partial charge in [0.25, 0.3) is 5.56 Å². The molecular formula is C21H22N4O2S. The molecule has 1 aliphatic rings. The highest BCUT2D eigenvalue weighted by atomic mass is 32.2. The van der Waals surface area contributed by atoms with Crippen LogP contribution in [-0.4, -0.2) is 26.2 Å². The van der Waals surface area contributed by atoms with E-state index in [1.54, 1.807) is 16.8 Å². The molecule has 7 heteroatoms. The normalized spacial score (nSPS) is 16.6. The molecule has 1 unspecified atom stereocenters. The number of nitrogens with zero attached hydrogens (tertiary/aromatic N) is 3. The van der Waals surface area contributed by atoms with Crippen LogP contribution in [0.2, 0.25) is 0 Å². The van der Waals surface area contributed by atoms with E-state index in [0.29, 0.717) is 17.5 Å². The second-order valence-corrected chi connectivity index (χ2v) is 9.02. The maximum Gasteiger partial charge on any atom is 0.254 e. The highest BCUT2D eigenvalue weighted by Crippen LogP contribution is 2.28. The molecule has 1 atom stereocenters. The second-order valence-electron chi connectivity index (χ2n) is 8.03. The Morgan fingerprint density at radius 2 is 2.07 bits per heavy atom. The van der Waals surface area contributed by atoms with Crippen molar-refractivity contribution in [2.75, 3.05) is 11.1 Å². The molecule has 1 aromatic carbocycles. The molecule has 2 aromatic heterocycles. The summed E-state index contributed by atoms with van der Waals surface area (Å²) in [7, 11) is 0. The molecular weight excluding hydrogens is 372 g/mol. The Hall–Kier alpha value is -2.67. The first-order chi connectivity index (χ1) is 13.3. The van der Waals surface area contributed by atoms with E-state index in [2.05, 4.69) is 15.3 Å². The molecule has 6 nitrogen and oxygen atoms in total. The molecule has 144 valence electrons. The Bertz CT molecular complexity index is 1120. The Kier molecular flexibility index (Phi) is 4.71. The van der Waals surface area contributed by atoms with Gasteiger partial charge in [-0.15, -0.1) is 0 Å². The van der Waals surface area contributed by atoms with Crippen LogP contribution in [0, 0.1) is 5.92 Å². The van der Waals surface area contributed by atoms with E-state index in [4.69, 9.17) is 0 Å². The Labute approximate surface area is 167 Å². The van der Waals surface area contributed by atoms with Crippen LogP contribution in [0.1, 0.15) is 26.5 Å². The van der Waals surface area contributed by atoms with Crippen molar-refractivity contribution < 1.29 is 4.79 Å². The molecule has 0 aliphatic carbocycles. The number of amides is 1.